The van der Waals surface area contributed by atoms with E-state index >= 15 is 0 Å². The summed E-state index contributed by atoms with van der Waals surface area (Å²) in [7, 11) is 0. The Morgan fingerprint density at radius 2 is 0.759 bits per heavy atom. The normalized spacial score (nSPS) is 11.6. The molecule has 278 valence electrons. The number of aromatic nitrogens is 2. The standard InChI is InChI=1S/C53H37F2N3/c1-31-17-32(2)20-37(19-31)35-13-15-50-45(25-35)43-9-5-7-11-48(43)57(50)52-27-40(39-23-41(54)29-42(55)24-39)28-53(47(52)30-56)58-49-12-8-6-10-44(49)46-26-36(14-16-51(46)58)38-21-33(3)18-34(4)22-38/h5-29H,1-4H3. The summed E-state index contributed by atoms with van der Waals surface area (Å²) in [5.41, 5.74) is 15.5. The van der Waals surface area contributed by atoms with E-state index in [1.165, 1.54) is 34.4 Å². The highest BCUT2D eigenvalue weighted by molar-refractivity contribution is 6.12. The molecule has 0 amide bonds. The van der Waals surface area contributed by atoms with E-state index in [9.17, 15) is 14.0 Å². The van der Waals surface area contributed by atoms with Gasteiger partial charge in [-0.05, 0) is 122 Å². The minimum Gasteiger partial charge on any atom is -0.308 e. The van der Waals surface area contributed by atoms with Gasteiger partial charge in [0, 0.05) is 27.6 Å². The lowest BCUT2D eigenvalue weighted by atomic mass is 9.98. The lowest BCUT2D eigenvalue weighted by Gasteiger charge is -2.18. The largest absolute Gasteiger partial charge is 0.308 e. The van der Waals surface area contributed by atoms with Crippen LogP contribution in [0.4, 0.5) is 8.78 Å². The zero-order valence-electron chi connectivity index (χ0n) is 32.5. The van der Waals surface area contributed by atoms with Gasteiger partial charge in [0.2, 0.25) is 0 Å². The summed E-state index contributed by atoms with van der Waals surface area (Å²) >= 11 is 0. The van der Waals surface area contributed by atoms with Crippen molar-refractivity contribution in [1.29, 1.82) is 5.26 Å². The van der Waals surface area contributed by atoms with E-state index < -0.39 is 11.6 Å². The molecule has 5 heteroatoms. The molecule has 0 atom stereocenters. The highest BCUT2D eigenvalue weighted by Crippen LogP contribution is 2.42. The molecule has 0 saturated carbocycles. The first-order chi connectivity index (χ1) is 28.1. The van der Waals surface area contributed by atoms with E-state index in [4.69, 9.17) is 0 Å². The molecule has 58 heavy (non-hydrogen) atoms. The van der Waals surface area contributed by atoms with E-state index in [0.29, 0.717) is 28.1 Å². The van der Waals surface area contributed by atoms with Crippen molar-refractivity contribution >= 4 is 43.6 Å². The molecule has 0 fully saturated rings. The Kier molecular flexibility index (Phi) is 8.14. The molecule has 0 radical (unpaired) electrons. The second-order valence-electron chi connectivity index (χ2n) is 15.6. The molecule has 0 aliphatic rings. The van der Waals surface area contributed by atoms with Crippen molar-refractivity contribution in [2.24, 2.45) is 0 Å². The van der Waals surface area contributed by atoms with Gasteiger partial charge < -0.3 is 9.13 Å². The van der Waals surface area contributed by atoms with Gasteiger partial charge in [-0.15, -0.1) is 0 Å². The maximum atomic E-state index is 15.0. The van der Waals surface area contributed by atoms with Gasteiger partial charge in [0.05, 0.1) is 33.4 Å². The van der Waals surface area contributed by atoms with E-state index in [1.807, 2.05) is 36.4 Å². The van der Waals surface area contributed by atoms with E-state index in [0.717, 1.165) is 71.9 Å². The summed E-state index contributed by atoms with van der Waals surface area (Å²) in [4.78, 5) is 0. The Labute approximate surface area is 335 Å². The van der Waals surface area contributed by atoms with Crippen molar-refractivity contribution < 1.29 is 8.78 Å². The molecule has 0 aliphatic heterocycles. The van der Waals surface area contributed by atoms with Crippen LogP contribution in [0.3, 0.4) is 0 Å². The first kappa shape index (κ1) is 35.1. The molecule has 2 heterocycles. The third-order valence-corrected chi connectivity index (χ3v) is 11.3. The van der Waals surface area contributed by atoms with Gasteiger partial charge in [0.15, 0.2) is 0 Å². The number of nitrogens with zero attached hydrogens (tertiary/aromatic N) is 3. The Bertz CT molecular complexity index is 3120. The molecule has 10 aromatic rings. The second kappa shape index (κ2) is 13.4. The van der Waals surface area contributed by atoms with Gasteiger partial charge in [0.1, 0.15) is 23.3 Å². The molecular formula is C53H37F2N3. The molecule has 8 aromatic carbocycles. The van der Waals surface area contributed by atoms with Crippen LogP contribution >= 0.6 is 0 Å². The van der Waals surface area contributed by atoms with Crippen LogP contribution in [-0.2, 0) is 0 Å². The third-order valence-electron chi connectivity index (χ3n) is 11.3. The monoisotopic (exact) mass is 753 g/mol. The van der Waals surface area contributed by atoms with Crippen LogP contribution in [-0.4, -0.2) is 9.13 Å². The van der Waals surface area contributed by atoms with E-state index in [2.05, 4.69) is 140 Å². The summed E-state index contributed by atoms with van der Waals surface area (Å²) in [6.07, 6.45) is 0. The Hall–Kier alpha value is -7.29. The van der Waals surface area contributed by atoms with E-state index in [1.54, 1.807) is 0 Å². The highest BCUT2D eigenvalue weighted by Gasteiger charge is 2.23. The van der Waals surface area contributed by atoms with E-state index in [-0.39, 0.29) is 0 Å². The molecule has 0 N–H and O–H groups in total. The number of halogens is 2. The van der Waals surface area contributed by atoms with Crippen molar-refractivity contribution in [2.75, 3.05) is 0 Å². The highest BCUT2D eigenvalue weighted by atomic mass is 19.1. The van der Waals surface area contributed by atoms with Gasteiger partial charge in [-0.3, -0.25) is 0 Å². The number of benzene rings is 8. The minimum atomic E-state index is -0.672. The average Bonchev–Trinajstić information content (AvgIpc) is 3.71. The van der Waals surface area contributed by atoms with Crippen LogP contribution in [0.2, 0.25) is 0 Å². The zero-order chi connectivity index (χ0) is 39.8. The Morgan fingerprint density at radius 1 is 0.379 bits per heavy atom. The third kappa shape index (κ3) is 5.76. The van der Waals surface area contributed by atoms with Crippen molar-refractivity contribution in [1.82, 2.24) is 9.13 Å². The van der Waals surface area contributed by atoms with Crippen molar-refractivity contribution in [2.45, 2.75) is 27.7 Å². The van der Waals surface area contributed by atoms with Crippen LogP contribution in [0.5, 0.6) is 0 Å². The lowest BCUT2D eigenvalue weighted by molar-refractivity contribution is 0.584. The van der Waals surface area contributed by atoms with Crippen LogP contribution < -0.4 is 0 Å². The number of hydrogen-bond donors (Lipinski definition) is 0. The molecule has 0 spiro atoms. The molecule has 0 saturated heterocycles. The van der Waals surface area contributed by atoms with Crippen molar-refractivity contribution in [3.05, 3.63) is 191 Å². The zero-order valence-corrected chi connectivity index (χ0v) is 32.5. The fourth-order valence-electron chi connectivity index (χ4n) is 9.07. The number of rotatable bonds is 5. The number of aryl methyl sites for hydroxylation is 4. The average molecular weight is 754 g/mol. The fourth-order valence-corrected chi connectivity index (χ4v) is 9.07. The smallest absolute Gasteiger partial charge is 0.126 e. The molecule has 0 aliphatic carbocycles. The number of hydrogen-bond acceptors (Lipinski definition) is 1. The first-order valence-corrected chi connectivity index (χ1v) is 19.4. The predicted molar refractivity (Wildman–Crippen MR) is 235 cm³/mol. The summed E-state index contributed by atoms with van der Waals surface area (Å²) in [5.74, 6) is -1.34. The van der Waals surface area contributed by atoms with Gasteiger partial charge in [-0.25, -0.2) is 8.78 Å². The maximum Gasteiger partial charge on any atom is 0.126 e. The molecule has 0 bridgehead atoms. The minimum absolute atomic E-state index is 0.375. The topological polar surface area (TPSA) is 33.6 Å². The first-order valence-electron chi connectivity index (χ1n) is 19.4. The van der Waals surface area contributed by atoms with Crippen molar-refractivity contribution in [3.63, 3.8) is 0 Å². The van der Waals surface area contributed by atoms with Gasteiger partial charge in [0.25, 0.3) is 0 Å². The molecule has 10 rings (SSSR count). The number of para-hydroxylation sites is 2. The molecule has 3 nitrogen and oxygen atoms in total. The van der Waals surface area contributed by atoms with Gasteiger partial charge in [-0.1, -0.05) is 107 Å². The van der Waals surface area contributed by atoms with Crippen molar-refractivity contribution in [3.8, 4) is 50.8 Å². The Morgan fingerprint density at radius 3 is 1.19 bits per heavy atom. The quantitative estimate of drug-likeness (QED) is 0.172. The van der Waals surface area contributed by atoms with Crippen LogP contribution in [0.15, 0.2) is 152 Å². The predicted octanol–water partition coefficient (Wildman–Crippen LogP) is 14.3. The van der Waals surface area contributed by atoms with Gasteiger partial charge in [-0.2, -0.15) is 5.26 Å². The molecule has 0 unspecified atom stereocenters. The fraction of sp³-hybridized carbons (Fsp3) is 0.0755. The summed E-state index contributed by atoms with van der Waals surface area (Å²) in [5, 5.41) is 15.5. The van der Waals surface area contributed by atoms with Gasteiger partial charge >= 0.3 is 0 Å². The summed E-state index contributed by atoms with van der Waals surface area (Å²) < 4.78 is 34.2. The number of nitriles is 1. The maximum absolute atomic E-state index is 15.0. The summed E-state index contributed by atoms with van der Waals surface area (Å²) in [6, 6.07) is 52.5. The lowest BCUT2D eigenvalue weighted by Crippen LogP contribution is -2.05. The molecule has 2 aromatic heterocycles. The Balaban J connectivity index is 1.29. The van der Waals surface area contributed by atoms with Crippen LogP contribution in [0.1, 0.15) is 27.8 Å². The van der Waals surface area contributed by atoms with Crippen LogP contribution in [0, 0.1) is 50.7 Å². The van der Waals surface area contributed by atoms with Crippen LogP contribution in [0.25, 0.3) is 88.4 Å². The summed E-state index contributed by atoms with van der Waals surface area (Å²) in [6.45, 7) is 8.45. The number of fused-ring (bicyclic) bond motifs is 6. The molecular weight excluding hydrogens is 717 g/mol. The second-order valence-corrected chi connectivity index (χ2v) is 15.6. The SMILES string of the molecule is Cc1cc(C)cc(-c2ccc3c(c2)c2ccccc2n3-c2cc(-c3cc(F)cc(F)c3)cc(-n3c4ccccc4c4cc(-c5cc(C)cc(C)c5)ccc43)c2C#N)c1.